The van der Waals surface area contributed by atoms with E-state index in [0.717, 1.165) is 0 Å². The Morgan fingerprint density at radius 2 is 0.750 bits per heavy atom. The van der Waals surface area contributed by atoms with Crippen LogP contribution in [0, 0.1) is 29.6 Å². The number of benzene rings is 1. The number of carboxylic acids is 1. The maximum atomic E-state index is 14.5. The number of primary amides is 2. The molecule has 0 fully saturated rings. The van der Waals surface area contributed by atoms with E-state index in [1.807, 2.05) is 0 Å². The van der Waals surface area contributed by atoms with E-state index in [9.17, 15) is 116 Å². The SMILES string of the molecule is CC[C@H](C)[C@H](NC(=O)CNC(=O)[C@H](C)NC(=O)[C@H](C)NC(=O)[C@H](Cc1c[nH]cn1)NC(=O)[C@H](CC(N)=O)NC(=O)CNC(=O)[C@H](C)NC(=O)CNC(=O)[C@H](Cc1c[nH]cn1)NC(=O)[C@H](C)NC(=O)[C@H](CC(C)C)NC(=O)[C@H](CCC(=O)O)NC(=O)[C@H](Cc1ccc(O)cc1)NC(=O)[C@H](CC(C)C)NC(=O)[C@@H](N)CCCN=C(N)N)C(=O)N[C@@H](CC(C)C)C(=O)N[C@H](C(=O)N[C@@H](CC(C)C)C(N)=O)[C@@H](C)O. The maximum absolute atomic E-state index is 14.5. The lowest BCUT2D eigenvalue weighted by molar-refractivity contribution is -0.139. The van der Waals surface area contributed by atoms with Gasteiger partial charge in [-0.25, -0.2) is 9.97 Å². The number of guanidine groups is 1. The first kappa shape index (κ1) is 120. The van der Waals surface area contributed by atoms with E-state index in [-0.39, 0.29) is 105 Å². The number of hydrogen-bond acceptors (Lipinski definition) is 27. The third-order valence-corrected chi connectivity index (χ3v) is 21.4. The number of aromatic amines is 2. The van der Waals surface area contributed by atoms with E-state index in [4.69, 9.17) is 28.7 Å². The minimum absolute atomic E-state index is 0.0280. The van der Waals surface area contributed by atoms with Crippen LogP contribution in [0.15, 0.2) is 54.3 Å². The molecule has 0 aliphatic heterocycles. The Kier molecular flexibility index (Phi) is 51.5. The number of carboxylic acid groups (broad SMARTS) is 1. The summed E-state index contributed by atoms with van der Waals surface area (Å²) in [4.78, 5) is 302. The van der Waals surface area contributed by atoms with Crippen molar-refractivity contribution in [3.8, 4) is 5.75 Å². The molecule has 0 radical (unpaired) electrons. The average Bonchev–Trinajstić information content (AvgIpc) is 0.939. The van der Waals surface area contributed by atoms with Crippen molar-refractivity contribution >= 4 is 130 Å². The molecule has 3 aromatic rings. The number of aliphatic imine (C=N–C) groups is 1. The topological polar surface area (TPSA) is 836 Å². The standard InChI is InChI=1S/C88H142N28O24/c1-16-45(10)70(86(139)114-60(29-44(8)9)85(138)116-71(50(15)117)87(140)108-57(72(91)125)26-41(2)3)115-68(122)38-98-74(127)47(12)103-75(128)48(13)104-81(134)63(32-53-35-95-40-101-53)113-84(137)64(33-65(90)119)106-67(121)37-97-73(126)46(11)102-66(120)36-99-78(131)62(31-52-34-94-39-100-52)109-76(129)49(14)105-80(133)58(27-42(4)5)111-79(132)56(23-24-69(123)124)107-83(136)61(30-51-19-21-54(118)22-20-51)112-82(135)59(28-43(6)7)110-77(130)55(89)18-17-25-96-88(92)93/h19-22,34-35,39-50,55-64,70-71,117-118H,16-18,23-33,36-38,89H2,1-15H3,(H2,90,119)(H2,91,125)(H,94,100)(H,95,101)(H,97,126)(H,98,127)(H,99,131)(H,102,120)(H,103,128)(H,104,134)(H,105,133)(H,106,121)(H,107,136)(H,108,140)(H,109,129)(H,110,130)(H,111,132)(H,112,135)(H,113,137)(H,114,139)(H,115,122)(H,116,138)(H,123,124)(H4,92,93,96)/t45-,46-,47-,48-,49-,50+,55-,56-,57-,58-,59-,60-,61-,62-,63-,64-,70-,71-/m0/s1. The number of aromatic hydroxyl groups is 1. The number of nitrogens with one attached hydrogen (secondary N) is 20. The van der Waals surface area contributed by atoms with Gasteiger partial charge in [-0.2, -0.15) is 0 Å². The summed E-state index contributed by atoms with van der Waals surface area (Å²) in [5, 5.41) is 74.4. The number of aliphatic hydroxyl groups excluding tert-OH is 1. The number of aromatic nitrogens is 4. The zero-order chi connectivity index (χ0) is 106. The number of nitrogens with two attached hydrogens (primary N) is 5. The number of hydrogen-bond donors (Lipinski definition) is 28. The quantitative estimate of drug-likeness (QED) is 0.0142. The van der Waals surface area contributed by atoms with Gasteiger partial charge in [-0.3, -0.25) is 106 Å². The average molecular weight is 1980 g/mol. The number of phenols is 1. The number of aliphatic hydroxyl groups is 1. The summed E-state index contributed by atoms with van der Waals surface area (Å²) in [6.45, 7) is 21.2. The summed E-state index contributed by atoms with van der Waals surface area (Å²) in [6, 6.07) is -17.6. The summed E-state index contributed by atoms with van der Waals surface area (Å²) in [5.74, 6) is -22.2. The molecule has 52 nitrogen and oxygen atoms in total. The molecule has 0 unspecified atom stereocenters. The number of rotatable bonds is 63. The normalized spacial score (nSPS) is 15.0. The van der Waals surface area contributed by atoms with Gasteiger partial charge in [-0.1, -0.05) is 87.8 Å². The summed E-state index contributed by atoms with van der Waals surface area (Å²) >= 11 is 0. The van der Waals surface area contributed by atoms with E-state index >= 15 is 0 Å². The molecule has 52 heteroatoms. The number of amides is 20. The van der Waals surface area contributed by atoms with Crippen molar-refractivity contribution in [1.82, 2.24) is 116 Å². The second kappa shape index (κ2) is 60.3. The highest BCUT2D eigenvalue weighted by molar-refractivity contribution is 6.02. The fraction of sp³-hybridized carbons (Fsp3) is 0.614. The zero-order valence-corrected chi connectivity index (χ0v) is 81.5. The fourth-order valence-corrected chi connectivity index (χ4v) is 13.6. The highest BCUT2D eigenvalue weighted by Gasteiger charge is 2.40. The minimum atomic E-state index is -1.83. The van der Waals surface area contributed by atoms with Crippen LogP contribution in [-0.4, -0.2) is 294 Å². The maximum Gasteiger partial charge on any atom is 0.303 e. The Hall–Kier alpha value is -14.5. The van der Waals surface area contributed by atoms with E-state index in [1.165, 1.54) is 83.9 Å². The third-order valence-electron chi connectivity index (χ3n) is 21.4. The molecule has 0 saturated heterocycles. The second-order valence-electron chi connectivity index (χ2n) is 35.9. The molecular formula is C88H142N28O24. The first-order valence-corrected chi connectivity index (χ1v) is 46.0. The van der Waals surface area contributed by atoms with Crippen molar-refractivity contribution in [2.24, 2.45) is 63.3 Å². The molecule has 0 aliphatic carbocycles. The smallest absolute Gasteiger partial charge is 0.303 e. The van der Waals surface area contributed by atoms with Crippen LogP contribution >= 0.6 is 0 Å². The van der Waals surface area contributed by atoms with Gasteiger partial charge in [0.05, 0.1) is 62.2 Å². The molecule has 2 heterocycles. The molecule has 140 heavy (non-hydrogen) atoms. The van der Waals surface area contributed by atoms with Gasteiger partial charge in [-0.15, -0.1) is 0 Å². The number of phenolic OH excluding ortho intramolecular Hbond substituents is 1. The van der Waals surface area contributed by atoms with E-state index in [2.05, 4.69) is 121 Å². The fourth-order valence-electron chi connectivity index (χ4n) is 13.6. The number of carbonyl (C=O) groups excluding carboxylic acids is 20. The molecule has 3 rings (SSSR count). The lowest BCUT2D eigenvalue weighted by atomic mass is 9.96. The number of aliphatic carboxylic acids is 1. The van der Waals surface area contributed by atoms with E-state index in [0.29, 0.717) is 18.4 Å². The molecule has 2 aromatic heterocycles. The van der Waals surface area contributed by atoms with Gasteiger partial charge in [0.15, 0.2) is 5.96 Å². The summed E-state index contributed by atoms with van der Waals surface area (Å²) < 4.78 is 0. The largest absolute Gasteiger partial charge is 0.508 e. The monoisotopic (exact) mass is 1980 g/mol. The molecule has 33 N–H and O–H groups in total. The molecule has 1 aromatic carbocycles. The van der Waals surface area contributed by atoms with Crippen LogP contribution < -0.4 is 124 Å². The summed E-state index contributed by atoms with van der Waals surface area (Å²) in [6.07, 6.45) is 1.63. The lowest BCUT2D eigenvalue weighted by Gasteiger charge is -2.29. The lowest BCUT2D eigenvalue weighted by Crippen LogP contribution is -2.61. The van der Waals surface area contributed by atoms with Gasteiger partial charge in [-0.05, 0) is 127 Å². The van der Waals surface area contributed by atoms with Crippen molar-refractivity contribution in [3.05, 3.63) is 66.3 Å². The molecule has 18 atom stereocenters. The number of imidazole rings is 2. The summed E-state index contributed by atoms with van der Waals surface area (Å²) in [5.41, 5.74) is 28.7. The minimum Gasteiger partial charge on any atom is -0.508 e. The van der Waals surface area contributed by atoms with Crippen molar-refractivity contribution in [2.45, 2.75) is 290 Å². The zero-order valence-electron chi connectivity index (χ0n) is 81.5. The van der Waals surface area contributed by atoms with E-state index in [1.54, 1.807) is 69.2 Å². The first-order valence-electron chi connectivity index (χ1n) is 46.0. The Balaban J connectivity index is 1.68. The van der Waals surface area contributed by atoms with Crippen LogP contribution in [0.3, 0.4) is 0 Å². The Morgan fingerprint density at radius 1 is 0.386 bits per heavy atom. The number of H-pyrrole nitrogens is 2. The first-order chi connectivity index (χ1) is 65.6. The van der Waals surface area contributed by atoms with Crippen LogP contribution in [0.5, 0.6) is 5.75 Å². The molecule has 778 valence electrons. The molecular weight excluding hydrogens is 1830 g/mol. The van der Waals surface area contributed by atoms with Crippen LogP contribution in [0.2, 0.25) is 0 Å². The number of carbonyl (C=O) groups is 21. The van der Waals surface area contributed by atoms with Gasteiger partial charge >= 0.3 is 5.97 Å². The van der Waals surface area contributed by atoms with Gasteiger partial charge in [0.1, 0.15) is 96.4 Å². The van der Waals surface area contributed by atoms with Gasteiger partial charge in [0.25, 0.3) is 0 Å². The Bertz CT molecular complexity index is 4720. The molecule has 0 spiro atoms. The van der Waals surface area contributed by atoms with Crippen LogP contribution in [0.25, 0.3) is 0 Å². The molecule has 0 saturated carbocycles. The Labute approximate surface area is 809 Å². The van der Waals surface area contributed by atoms with Gasteiger partial charge in [0, 0.05) is 44.6 Å². The van der Waals surface area contributed by atoms with Crippen LogP contribution in [0.4, 0.5) is 0 Å². The highest BCUT2D eigenvalue weighted by Crippen LogP contribution is 2.18. The number of nitrogens with zero attached hydrogens (tertiary/aromatic N) is 3. The summed E-state index contributed by atoms with van der Waals surface area (Å²) in [7, 11) is 0. The van der Waals surface area contributed by atoms with Gasteiger partial charge < -0.3 is 150 Å². The second-order valence-corrected chi connectivity index (χ2v) is 35.9. The van der Waals surface area contributed by atoms with Crippen molar-refractivity contribution in [3.63, 3.8) is 0 Å². The predicted molar refractivity (Wildman–Crippen MR) is 504 cm³/mol. The van der Waals surface area contributed by atoms with Gasteiger partial charge in [0.2, 0.25) is 118 Å². The van der Waals surface area contributed by atoms with Crippen molar-refractivity contribution in [1.29, 1.82) is 0 Å². The van der Waals surface area contributed by atoms with Crippen molar-refractivity contribution < 1.29 is 116 Å². The molecule has 20 amide bonds. The Morgan fingerprint density at radius 3 is 1.21 bits per heavy atom. The third kappa shape index (κ3) is 45.2. The highest BCUT2D eigenvalue weighted by atomic mass is 16.4. The van der Waals surface area contributed by atoms with Crippen LogP contribution in [-0.2, 0) is 120 Å². The van der Waals surface area contributed by atoms with Crippen molar-refractivity contribution in [2.75, 3.05) is 26.2 Å². The van der Waals surface area contributed by atoms with E-state index < -0.39 is 272 Å². The molecule has 0 bridgehead atoms. The predicted octanol–water partition coefficient (Wildman–Crippen LogP) is -8.22. The molecule has 0 aliphatic rings. The van der Waals surface area contributed by atoms with Crippen LogP contribution in [0.1, 0.15) is 185 Å².